The topological polar surface area (TPSA) is 140 Å². The van der Waals surface area contributed by atoms with Crippen molar-refractivity contribution in [2.45, 2.75) is 31.6 Å². The van der Waals surface area contributed by atoms with Gasteiger partial charge in [0.25, 0.3) is 0 Å². The Bertz CT molecular complexity index is 1280. The first kappa shape index (κ1) is 21.5. The normalized spacial score (nSPS) is 11.6. The minimum absolute atomic E-state index is 0.0253. The van der Waals surface area contributed by atoms with Gasteiger partial charge in [0.2, 0.25) is 15.9 Å². The number of aromatic hydroxyl groups is 1. The summed E-state index contributed by atoms with van der Waals surface area (Å²) in [6, 6.07) is 9.27. The summed E-state index contributed by atoms with van der Waals surface area (Å²) in [5, 5.41) is 18.3. The predicted octanol–water partition coefficient (Wildman–Crippen LogP) is 1.66. The number of nitrogens with two attached hydrogens (primary N) is 1. The van der Waals surface area contributed by atoms with E-state index in [9.17, 15) is 23.1 Å². The Labute approximate surface area is 173 Å². The highest BCUT2D eigenvalue weighted by atomic mass is 32.2. The van der Waals surface area contributed by atoms with Crippen molar-refractivity contribution in [3.05, 3.63) is 69.1 Å². The van der Waals surface area contributed by atoms with Gasteiger partial charge in [-0.05, 0) is 55.7 Å². The summed E-state index contributed by atoms with van der Waals surface area (Å²) in [6.07, 6.45) is 0.356. The molecule has 4 N–H and O–H groups in total. The number of primary sulfonamides is 1. The zero-order valence-corrected chi connectivity index (χ0v) is 17.4. The molecule has 1 aromatic heterocycles. The number of carbonyl (C=O) groups is 1. The van der Waals surface area contributed by atoms with E-state index >= 15 is 0 Å². The first-order valence-electron chi connectivity index (χ1n) is 9.21. The highest BCUT2D eigenvalue weighted by Gasteiger charge is 2.17. The molecule has 1 amide bonds. The number of amides is 1. The van der Waals surface area contributed by atoms with Crippen LogP contribution in [0, 0.1) is 13.8 Å². The number of phenolic OH excluding ortho intramolecular Hbond substituents is 1. The molecule has 2 aromatic carbocycles. The van der Waals surface area contributed by atoms with Crippen molar-refractivity contribution in [3.8, 4) is 5.75 Å². The van der Waals surface area contributed by atoms with Crippen LogP contribution in [0.15, 0.2) is 50.5 Å². The Morgan fingerprint density at radius 3 is 2.40 bits per heavy atom. The van der Waals surface area contributed by atoms with Crippen LogP contribution in [0.4, 0.5) is 0 Å². The first-order valence-corrected chi connectivity index (χ1v) is 10.8. The van der Waals surface area contributed by atoms with Crippen molar-refractivity contribution < 1.29 is 22.7 Å². The number of aryl methyl sites for hydroxylation is 2. The van der Waals surface area contributed by atoms with E-state index in [0.29, 0.717) is 35.1 Å². The molecule has 0 aliphatic carbocycles. The number of hydrogen-bond acceptors (Lipinski definition) is 6. The fraction of sp³-hybridized carbons (Fsp3) is 0.238. The largest absolute Gasteiger partial charge is 0.508 e. The Hall–Kier alpha value is -3.17. The molecule has 30 heavy (non-hydrogen) atoms. The van der Waals surface area contributed by atoms with E-state index in [1.54, 1.807) is 32.0 Å². The van der Waals surface area contributed by atoms with Gasteiger partial charge in [-0.25, -0.2) is 18.4 Å². The van der Waals surface area contributed by atoms with Crippen molar-refractivity contribution in [1.82, 2.24) is 5.32 Å². The summed E-state index contributed by atoms with van der Waals surface area (Å²) in [6.45, 7) is 3.71. The fourth-order valence-corrected chi connectivity index (χ4v) is 3.71. The molecule has 0 atom stereocenters. The standard InChI is InChI=1S/C21H22N2O6S/c1-12-16-7-8-18(24)13(2)20(16)29-21(26)17(12)11-19(25)23-10-9-14-3-5-15(6-4-14)30(22,27)28/h3-8,24H,9-11H2,1-2H3,(H,23,25)(H2,22,27,28). The van der Waals surface area contributed by atoms with Gasteiger partial charge in [0, 0.05) is 17.5 Å². The van der Waals surface area contributed by atoms with Crippen LogP contribution in [-0.4, -0.2) is 26.0 Å². The van der Waals surface area contributed by atoms with Gasteiger partial charge in [-0.15, -0.1) is 0 Å². The maximum Gasteiger partial charge on any atom is 0.340 e. The van der Waals surface area contributed by atoms with E-state index in [4.69, 9.17) is 9.56 Å². The summed E-state index contributed by atoms with van der Waals surface area (Å²) in [4.78, 5) is 24.7. The number of sulfonamides is 1. The molecule has 0 saturated carbocycles. The van der Waals surface area contributed by atoms with Crippen LogP contribution in [-0.2, 0) is 27.7 Å². The quantitative estimate of drug-likeness (QED) is 0.508. The van der Waals surface area contributed by atoms with Gasteiger partial charge >= 0.3 is 5.63 Å². The van der Waals surface area contributed by atoms with Gasteiger partial charge in [0.05, 0.1) is 16.9 Å². The molecular formula is C21H22N2O6S. The summed E-state index contributed by atoms with van der Waals surface area (Å²) in [5.74, 6) is -0.297. The number of nitrogens with one attached hydrogen (secondary N) is 1. The number of rotatable bonds is 6. The maximum absolute atomic E-state index is 12.4. The summed E-state index contributed by atoms with van der Waals surface area (Å²) in [7, 11) is -3.74. The molecule has 0 aliphatic heterocycles. The molecule has 0 fully saturated rings. The van der Waals surface area contributed by atoms with Crippen LogP contribution in [0.25, 0.3) is 11.0 Å². The van der Waals surface area contributed by atoms with Gasteiger partial charge in [-0.3, -0.25) is 4.79 Å². The molecule has 3 aromatic rings. The van der Waals surface area contributed by atoms with Crippen LogP contribution in [0.2, 0.25) is 0 Å². The van der Waals surface area contributed by atoms with E-state index in [2.05, 4.69) is 5.32 Å². The third-order valence-electron chi connectivity index (χ3n) is 5.00. The Morgan fingerprint density at radius 2 is 1.77 bits per heavy atom. The number of phenols is 1. The SMILES string of the molecule is Cc1c(CC(=O)NCCc2ccc(S(N)(=O)=O)cc2)c(=O)oc2c(C)c(O)ccc12. The van der Waals surface area contributed by atoms with Crippen molar-refractivity contribution in [3.63, 3.8) is 0 Å². The molecule has 3 rings (SSSR count). The third kappa shape index (κ3) is 4.52. The van der Waals surface area contributed by atoms with Crippen molar-refractivity contribution in [2.24, 2.45) is 5.14 Å². The van der Waals surface area contributed by atoms with Gasteiger partial charge in [-0.1, -0.05) is 12.1 Å². The summed E-state index contributed by atoms with van der Waals surface area (Å²) in [5.41, 5.74) is 1.91. The van der Waals surface area contributed by atoms with E-state index in [1.807, 2.05) is 0 Å². The lowest BCUT2D eigenvalue weighted by atomic mass is 10.0. The van der Waals surface area contributed by atoms with Crippen LogP contribution < -0.4 is 16.1 Å². The van der Waals surface area contributed by atoms with Gasteiger partial charge < -0.3 is 14.8 Å². The monoisotopic (exact) mass is 430 g/mol. The molecule has 158 valence electrons. The van der Waals surface area contributed by atoms with Crippen LogP contribution in [0.5, 0.6) is 5.75 Å². The van der Waals surface area contributed by atoms with Gasteiger partial charge in [0.15, 0.2) is 0 Å². The van der Waals surface area contributed by atoms with Crippen LogP contribution in [0.1, 0.15) is 22.3 Å². The lowest BCUT2D eigenvalue weighted by Gasteiger charge is -2.10. The lowest BCUT2D eigenvalue weighted by Crippen LogP contribution is -2.29. The van der Waals surface area contributed by atoms with E-state index < -0.39 is 15.6 Å². The molecule has 0 radical (unpaired) electrons. The molecule has 0 aliphatic rings. The average Bonchev–Trinajstić information content (AvgIpc) is 2.68. The smallest absolute Gasteiger partial charge is 0.340 e. The molecule has 8 nitrogen and oxygen atoms in total. The van der Waals surface area contributed by atoms with Crippen molar-refractivity contribution in [2.75, 3.05) is 6.54 Å². The first-order chi connectivity index (χ1) is 14.1. The fourth-order valence-electron chi connectivity index (χ4n) is 3.20. The van der Waals surface area contributed by atoms with Gasteiger partial charge in [-0.2, -0.15) is 0 Å². The predicted molar refractivity (Wildman–Crippen MR) is 112 cm³/mol. The third-order valence-corrected chi connectivity index (χ3v) is 5.93. The zero-order valence-electron chi connectivity index (χ0n) is 16.6. The van der Waals surface area contributed by atoms with E-state index in [1.165, 1.54) is 18.2 Å². The summed E-state index contributed by atoms with van der Waals surface area (Å²) >= 11 is 0. The second-order valence-electron chi connectivity index (χ2n) is 7.05. The molecule has 9 heteroatoms. The van der Waals surface area contributed by atoms with Crippen LogP contribution in [0.3, 0.4) is 0 Å². The second-order valence-corrected chi connectivity index (χ2v) is 8.61. The number of hydrogen-bond donors (Lipinski definition) is 3. The van der Waals surface area contributed by atoms with E-state index in [0.717, 1.165) is 5.56 Å². The molecule has 0 spiro atoms. The molecule has 0 saturated heterocycles. The molecular weight excluding hydrogens is 408 g/mol. The second kappa shape index (κ2) is 8.29. The zero-order chi connectivity index (χ0) is 22.1. The van der Waals surface area contributed by atoms with Crippen molar-refractivity contribution in [1.29, 1.82) is 0 Å². The number of benzene rings is 2. The molecule has 0 unspecified atom stereocenters. The Balaban J connectivity index is 1.67. The summed E-state index contributed by atoms with van der Waals surface area (Å²) < 4.78 is 27.9. The van der Waals surface area contributed by atoms with Crippen LogP contribution >= 0.6 is 0 Å². The van der Waals surface area contributed by atoms with Crippen molar-refractivity contribution >= 4 is 26.9 Å². The average molecular weight is 430 g/mol. The highest BCUT2D eigenvalue weighted by molar-refractivity contribution is 7.89. The maximum atomic E-state index is 12.4. The minimum atomic E-state index is -3.74. The number of carbonyl (C=O) groups excluding carboxylic acids is 1. The molecule has 1 heterocycles. The Kier molecular flexibility index (Phi) is 5.95. The number of fused-ring (bicyclic) bond motifs is 1. The van der Waals surface area contributed by atoms with Gasteiger partial charge in [0.1, 0.15) is 11.3 Å². The highest BCUT2D eigenvalue weighted by Crippen LogP contribution is 2.28. The van der Waals surface area contributed by atoms with E-state index in [-0.39, 0.29) is 28.5 Å². The lowest BCUT2D eigenvalue weighted by molar-refractivity contribution is -0.120. The Morgan fingerprint density at radius 1 is 1.10 bits per heavy atom. The molecule has 0 bridgehead atoms. The minimum Gasteiger partial charge on any atom is -0.508 e.